The molecule has 0 bridgehead atoms. The second kappa shape index (κ2) is 3.48. The fraction of sp³-hybridized carbons (Fsp3) is 0.750. The van der Waals surface area contributed by atoms with Crippen LogP contribution in [-0.2, 0) is 10.1 Å². The smallest absolute Gasteiger partial charge is 0.281 e. The minimum Gasteiger partial charge on any atom is -0.281 e. The number of halogens is 3. The topological polar surface area (TPSA) is 54.4 Å². The van der Waals surface area contributed by atoms with Crippen LogP contribution < -0.4 is 0 Å². The molecule has 0 aromatic carbocycles. The average molecular weight is 244 g/mol. The van der Waals surface area contributed by atoms with E-state index in [2.05, 4.69) is 0 Å². The standard InChI is InChI=1S/C8H11F3O3S/c1-4-3-6(5(4)2)7(9)8(10,11)15(12,13)14/h3-5,7H,1-2H3,(H,12,13,14). The summed E-state index contributed by atoms with van der Waals surface area (Å²) in [6.45, 7) is 3.22. The Morgan fingerprint density at radius 1 is 1.47 bits per heavy atom. The third kappa shape index (κ3) is 1.90. The predicted octanol–water partition coefficient (Wildman–Crippen LogP) is 2.02. The molecule has 0 fully saturated rings. The van der Waals surface area contributed by atoms with Crippen LogP contribution in [0, 0.1) is 11.8 Å². The molecule has 0 spiro atoms. The Hall–Kier alpha value is -0.560. The Labute approximate surface area is 85.7 Å². The van der Waals surface area contributed by atoms with Gasteiger partial charge in [0.15, 0.2) is 0 Å². The summed E-state index contributed by atoms with van der Waals surface area (Å²) in [6, 6.07) is 0. The summed E-state index contributed by atoms with van der Waals surface area (Å²) in [7, 11) is -5.71. The van der Waals surface area contributed by atoms with Gasteiger partial charge in [0.05, 0.1) is 0 Å². The number of hydrogen-bond donors (Lipinski definition) is 1. The molecular formula is C8H11F3O3S. The van der Waals surface area contributed by atoms with Gasteiger partial charge in [0.25, 0.3) is 0 Å². The third-order valence-corrected chi connectivity index (χ3v) is 3.60. The molecule has 0 heterocycles. The van der Waals surface area contributed by atoms with Crippen molar-refractivity contribution in [3.05, 3.63) is 11.6 Å². The van der Waals surface area contributed by atoms with E-state index in [1.807, 2.05) is 0 Å². The van der Waals surface area contributed by atoms with Gasteiger partial charge < -0.3 is 0 Å². The fourth-order valence-electron chi connectivity index (χ4n) is 1.42. The Kier molecular flexibility index (Phi) is 2.90. The van der Waals surface area contributed by atoms with Gasteiger partial charge in [-0.25, -0.2) is 4.39 Å². The molecule has 0 radical (unpaired) electrons. The van der Waals surface area contributed by atoms with Crippen LogP contribution in [-0.4, -0.2) is 24.4 Å². The van der Waals surface area contributed by atoms with E-state index in [0.717, 1.165) is 0 Å². The highest BCUT2D eigenvalue weighted by Gasteiger charge is 2.56. The summed E-state index contributed by atoms with van der Waals surface area (Å²) in [6.07, 6.45) is -1.73. The molecule has 3 unspecified atom stereocenters. The van der Waals surface area contributed by atoms with Crippen LogP contribution in [0.15, 0.2) is 11.6 Å². The molecule has 1 aliphatic rings. The Balaban J connectivity index is 2.97. The van der Waals surface area contributed by atoms with Crippen molar-refractivity contribution in [2.75, 3.05) is 0 Å². The van der Waals surface area contributed by atoms with Crippen LogP contribution in [0.2, 0.25) is 0 Å². The zero-order valence-electron chi connectivity index (χ0n) is 8.12. The van der Waals surface area contributed by atoms with E-state index in [1.54, 1.807) is 6.92 Å². The zero-order valence-corrected chi connectivity index (χ0v) is 8.93. The lowest BCUT2D eigenvalue weighted by Gasteiger charge is -2.34. The van der Waals surface area contributed by atoms with Gasteiger partial charge in [-0.1, -0.05) is 19.9 Å². The minimum absolute atomic E-state index is 0.0598. The van der Waals surface area contributed by atoms with Crippen LogP contribution in [0.25, 0.3) is 0 Å². The summed E-state index contributed by atoms with van der Waals surface area (Å²) < 4.78 is 67.6. The number of rotatable bonds is 3. The molecule has 0 aliphatic heterocycles. The number of hydrogen-bond acceptors (Lipinski definition) is 2. The lowest BCUT2D eigenvalue weighted by Crippen LogP contribution is -2.43. The molecule has 88 valence electrons. The van der Waals surface area contributed by atoms with E-state index in [-0.39, 0.29) is 11.5 Å². The molecule has 1 aliphatic carbocycles. The van der Waals surface area contributed by atoms with Crippen molar-refractivity contribution in [2.45, 2.75) is 25.3 Å². The fourth-order valence-corrected chi connectivity index (χ4v) is 1.82. The summed E-state index contributed by atoms with van der Waals surface area (Å²) in [5.41, 5.74) is -0.273. The van der Waals surface area contributed by atoms with Gasteiger partial charge in [0.2, 0.25) is 6.17 Å². The second-order valence-electron chi connectivity index (χ2n) is 3.71. The van der Waals surface area contributed by atoms with Gasteiger partial charge in [-0.05, 0) is 17.4 Å². The van der Waals surface area contributed by atoms with Crippen LogP contribution in [0.4, 0.5) is 13.2 Å². The first-order valence-corrected chi connectivity index (χ1v) is 5.73. The molecule has 1 rings (SSSR count). The van der Waals surface area contributed by atoms with Crippen LogP contribution in [0.1, 0.15) is 13.8 Å². The molecule has 0 aromatic rings. The average Bonchev–Trinajstić information content (AvgIpc) is 2.10. The van der Waals surface area contributed by atoms with Crippen LogP contribution in [0.3, 0.4) is 0 Å². The molecule has 3 nitrogen and oxygen atoms in total. The lowest BCUT2D eigenvalue weighted by molar-refractivity contribution is 0.00608. The van der Waals surface area contributed by atoms with Gasteiger partial charge in [0, 0.05) is 0 Å². The first-order chi connectivity index (χ1) is 6.59. The van der Waals surface area contributed by atoms with Crippen molar-refractivity contribution in [2.24, 2.45) is 11.8 Å². The first-order valence-electron chi connectivity index (χ1n) is 4.29. The predicted molar refractivity (Wildman–Crippen MR) is 47.8 cm³/mol. The SMILES string of the molecule is CC1C=C(C(F)C(F)(F)S(=O)(=O)O)C1C. The molecule has 7 heteroatoms. The van der Waals surface area contributed by atoms with E-state index in [4.69, 9.17) is 4.55 Å². The van der Waals surface area contributed by atoms with Gasteiger partial charge in [-0.15, -0.1) is 0 Å². The highest BCUT2D eigenvalue weighted by molar-refractivity contribution is 7.86. The largest absolute Gasteiger partial charge is 0.403 e. The van der Waals surface area contributed by atoms with E-state index in [9.17, 15) is 21.6 Å². The Bertz CT molecular complexity index is 388. The molecule has 0 amide bonds. The van der Waals surface area contributed by atoms with Crippen molar-refractivity contribution >= 4 is 10.1 Å². The normalized spacial score (nSPS) is 29.3. The van der Waals surface area contributed by atoms with Crippen molar-refractivity contribution in [1.82, 2.24) is 0 Å². The molecule has 0 aromatic heterocycles. The van der Waals surface area contributed by atoms with Crippen molar-refractivity contribution < 1.29 is 26.1 Å². The van der Waals surface area contributed by atoms with E-state index in [0.29, 0.717) is 0 Å². The molecule has 0 saturated heterocycles. The maximum Gasteiger partial charge on any atom is 0.403 e. The van der Waals surface area contributed by atoms with Gasteiger partial charge >= 0.3 is 15.4 Å². The minimum atomic E-state index is -5.71. The monoisotopic (exact) mass is 244 g/mol. The van der Waals surface area contributed by atoms with E-state index < -0.39 is 27.5 Å². The zero-order chi connectivity index (χ0) is 12.0. The number of allylic oxidation sites excluding steroid dienone is 2. The van der Waals surface area contributed by atoms with Gasteiger partial charge in [0.1, 0.15) is 0 Å². The highest BCUT2D eigenvalue weighted by Crippen LogP contribution is 2.42. The van der Waals surface area contributed by atoms with E-state index in [1.165, 1.54) is 13.0 Å². The van der Waals surface area contributed by atoms with Crippen LogP contribution >= 0.6 is 0 Å². The second-order valence-corrected chi connectivity index (χ2v) is 5.21. The summed E-state index contributed by atoms with van der Waals surface area (Å²) in [5, 5.41) is -4.77. The quantitative estimate of drug-likeness (QED) is 0.610. The number of alkyl halides is 3. The van der Waals surface area contributed by atoms with Crippen LogP contribution in [0.5, 0.6) is 0 Å². The maximum atomic E-state index is 13.2. The molecular weight excluding hydrogens is 233 g/mol. The lowest BCUT2D eigenvalue weighted by atomic mass is 9.75. The van der Waals surface area contributed by atoms with Crippen molar-refractivity contribution in [3.8, 4) is 0 Å². The Morgan fingerprint density at radius 3 is 2.20 bits per heavy atom. The molecule has 0 saturated carbocycles. The first kappa shape index (κ1) is 12.5. The third-order valence-electron chi connectivity index (χ3n) is 2.70. The highest BCUT2D eigenvalue weighted by atomic mass is 32.2. The summed E-state index contributed by atoms with van der Waals surface area (Å²) in [4.78, 5) is 0. The maximum absolute atomic E-state index is 13.2. The van der Waals surface area contributed by atoms with E-state index >= 15 is 0 Å². The summed E-state index contributed by atoms with van der Waals surface area (Å²) in [5.74, 6) is -0.497. The van der Waals surface area contributed by atoms with Crippen molar-refractivity contribution in [1.29, 1.82) is 0 Å². The van der Waals surface area contributed by atoms with Gasteiger partial charge in [-0.3, -0.25) is 4.55 Å². The molecule has 1 N–H and O–H groups in total. The van der Waals surface area contributed by atoms with Crippen molar-refractivity contribution in [3.63, 3.8) is 0 Å². The molecule has 3 atom stereocenters. The Morgan fingerprint density at radius 2 is 1.93 bits per heavy atom. The summed E-state index contributed by atoms with van der Waals surface area (Å²) >= 11 is 0. The molecule has 15 heavy (non-hydrogen) atoms. The van der Waals surface area contributed by atoms with Gasteiger partial charge in [-0.2, -0.15) is 17.2 Å².